The van der Waals surface area contributed by atoms with Gasteiger partial charge in [0.2, 0.25) is 5.75 Å². The highest BCUT2D eigenvalue weighted by molar-refractivity contribution is 5.89. The average molecular weight is 399 g/mol. The molecule has 0 aromatic heterocycles. The Labute approximate surface area is 171 Å². The summed E-state index contributed by atoms with van der Waals surface area (Å²) in [5.41, 5.74) is 2.96. The number of ether oxygens (including phenoxy) is 3. The summed E-state index contributed by atoms with van der Waals surface area (Å²) < 4.78 is 16.1. The fourth-order valence-corrected chi connectivity index (χ4v) is 3.51. The van der Waals surface area contributed by atoms with Crippen LogP contribution in [-0.2, 0) is 6.42 Å². The molecule has 1 fully saturated rings. The average Bonchev–Trinajstić information content (AvgIpc) is 3.28. The van der Waals surface area contributed by atoms with Crippen LogP contribution in [0.15, 0.2) is 36.4 Å². The molecular formula is C22H29N3O4. The summed E-state index contributed by atoms with van der Waals surface area (Å²) in [5, 5.41) is 5.75. The lowest BCUT2D eigenvalue weighted by atomic mass is 10.1. The van der Waals surface area contributed by atoms with E-state index in [2.05, 4.69) is 27.7 Å². The van der Waals surface area contributed by atoms with Crippen LogP contribution < -0.4 is 29.7 Å². The minimum absolute atomic E-state index is 0.230. The summed E-state index contributed by atoms with van der Waals surface area (Å²) in [5.74, 6) is 1.76. The Morgan fingerprint density at radius 1 is 0.966 bits per heavy atom. The first-order chi connectivity index (χ1) is 14.1. The van der Waals surface area contributed by atoms with Crippen molar-refractivity contribution in [3.63, 3.8) is 0 Å². The van der Waals surface area contributed by atoms with Gasteiger partial charge in [0.05, 0.1) is 21.3 Å². The molecule has 0 saturated carbocycles. The lowest BCUT2D eigenvalue weighted by Crippen LogP contribution is -2.30. The summed E-state index contributed by atoms with van der Waals surface area (Å²) in [4.78, 5) is 14.6. The van der Waals surface area contributed by atoms with E-state index in [0.29, 0.717) is 30.2 Å². The number of nitrogens with one attached hydrogen (secondary N) is 2. The molecule has 2 aromatic rings. The van der Waals surface area contributed by atoms with Crippen molar-refractivity contribution in [2.24, 2.45) is 0 Å². The Morgan fingerprint density at radius 3 is 2.14 bits per heavy atom. The summed E-state index contributed by atoms with van der Waals surface area (Å²) in [6.07, 6.45) is 3.13. The van der Waals surface area contributed by atoms with E-state index < -0.39 is 0 Å². The van der Waals surface area contributed by atoms with Gasteiger partial charge in [-0.3, -0.25) is 0 Å². The first-order valence-corrected chi connectivity index (χ1v) is 9.83. The first kappa shape index (κ1) is 20.6. The van der Waals surface area contributed by atoms with Gasteiger partial charge in [-0.05, 0) is 61.2 Å². The summed E-state index contributed by atoms with van der Waals surface area (Å²) >= 11 is 0. The second-order valence-electron chi connectivity index (χ2n) is 6.91. The van der Waals surface area contributed by atoms with E-state index in [1.54, 1.807) is 21.3 Å². The molecule has 0 atom stereocenters. The quantitative estimate of drug-likeness (QED) is 0.709. The van der Waals surface area contributed by atoms with Crippen molar-refractivity contribution >= 4 is 17.4 Å². The molecule has 0 spiro atoms. The van der Waals surface area contributed by atoms with E-state index in [0.717, 1.165) is 24.3 Å². The van der Waals surface area contributed by atoms with Crippen LogP contribution in [0.3, 0.4) is 0 Å². The van der Waals surface area contributed by atoms with Gasteiger partial charge in [-0.25, -0.2) is 4.79 Å². The normalized spacial score (nSPS) is 13.1. The third-order valence-electron chi connectivity index (χ3n) is 5.02. The fraction of sp³-hybridized carbons (Fsp3) is 0.409. The van der Waals surface area contributed by atoms with Gasteiger partial charge >= 0.3 is 6.03 Å². The molecule has 2 N–H and O–H groups in total. The van der Waals surface area contributed by atoms with Crippen LogP contribution in [0, 0.1) is 0 Å². The van der Waals surface area contributed by atoms with Crippen LogP contribution in [-0.4, -0.2) is 47.0 Å². The third-order valence-corrected chi connectivity index (χ3v) is 5.02. The van der Waals surface area contributed by atoms with E-state index in [1.807, 2.05) is 24.3 Å². The maximum Gasteiger partial charge on any atom is 0.319 e. The molecule has 1 aliphatic rings. The monoisotopic (exact) mass is 399 g/mol. The molecule has 29 heavy (non-hydrogen) atoms. The molecule has 0 unspecified atom stereocenters. The molecule has 7 heteroatoms. The molecule has 0 radical (unpaired) electrons. The molecule has 1 saturated heterocycles. The van der Waals surface area contributed by atoms with Gasteiger partial charge in [0.1, 0.15) is 0 Å². The minimum atomic E-state index is -0.230. The van der Waals surface area contributed by atoms with Crippen molar-refractivity contribution in [1.82, 2.24) is 5.32 Å². The van der Waals surface area contributed by atoms with Crippen molar-refractivity contribution < 1.29 is 19.0 Å². The van der Waals surface area contributed by atoms with Crippen LogP contribution >= 0.6 is 0 Å². The fourth-order valence-electron chi connectivity index (χ4n) is 3.51. The minimum Gasteiger partial charge on any atom is -0.493 e. The predicted octanol–water partition coefficient (Wildman–Crippen LogP) is 3.68. The predicted molar refractivity (Wildman–Crippen MR) is 115 cm³/mol. The number of methoxy groups -OCH3 is 3. The zero-order valence-corrected chi connectivity index (χ0v) is 17.3. The molecule has 1 heterocycles. The Morgan fingerprint density at radius 2 is 1.59 bits per heavy atom. The van der Waals surface area contributed by atoms with Crippen molar-refractivity contribution in [3.05, 3.63) is 42.0 Å². The molecule has 0 bridgehead atoms. The highest BCUT2D eigenvalue weighted by Gasteiger charge is 2.14. The molecule has 2 aromatic carbocycles. The van der Waals surface area contributed by atoms with E-state index in [-0.39, 0.29) is 6.03 Å². The highest BCUT2D eigenvalue weighted by atomic mass is 16.5. The molecule has 1 aliphatic heterocycles. The number of rotatable bonds is 8. The Bertz CT molecular complexity index is 792. The molecule has 156 valence electrons. The van der Waals surface area contributed by atoms with E-state index >= 15 is 0 Å². The van der Waals surface area contributed by atoms with Gasteiger partial charge < -0.3 is 29.7 Å². The summed E-state index contributed by atoms with van der Waals surface area (Å²) in [6.45, 7) is 2.69. The topological polar surface area (TPSA) is 72.1 Å². The van der Waals surface area contributed by atoms with Crippen LogP contribution in [0.2, 0.25) is 0 Å². The number of anilines is 2. The van der Waals surface area contributed by atoms with Gasteiger partial charge in [-0.1, -0.05) is 0 Å². The number of amides is 2. The maximum absolute atomic E-state index is 12.2. The molecular weight excluding hydrogens is 370 g/mol. The van der Waals surface area contributed by atoms with E-state index in [4.69, 9.17) is 14.2 Å². The maximum atomic E-state index is 12.2. The lowest BCUT2D eigenvalue weighted by Gasteiger charge is -2.18. The van der Waals surface area contributed by atoms with Crippen LogP contribution in [0.5, 0.6) is 17.2 Å². The Balaban J connectivity index is 1.51. The number of hydrogen-bond donors (Lipinski definition) is 2. The summed E-state index contributed by atoms with van der Waals surface area (Å²) in [7, 11) is 4.74. The second kappa shape index (κ2) is 9.91. The largest absolute Gasteiger partial charge is 0.493 e. The molecule has 7 nitrogen and oxygen atoms in total. The van der Waals surface area contributed by atoms with E-state index in [1.165, 1.54) is 18.5 Å². The number of nitrogens with zero attached hydrogens (tertiary/aromatic N) is 1. The smallest absolute Gasteiger partial charge is 0.319 e. The Hall–Kier alpha value is -3.09. The SMILES string of the molecule is COc1cc(CCNC(=O)Nc2ccc(N3CCCC3)cc2)cc(OC)c1OC. The zero-order valence-electron chi connectivity index (χ0n) is 17.3. The van der Waals surface area contributed by atoms with Gasteiger partial charge in [0.25, 0.3) is 0 Å². The number of hydrogen-bond acceptors (Lipinski definition) is 5. The molecule has 2 amide bonds. The van der Waals surface area contributed by atoms with Crippen molar-refractivity contribution in [1.29, 1.82) is 0 Å². The highest BCUT2D eigenvalue weighted by Crippen LogP contribution is 2.38. The number of benzene rings is 2. The van der Waals surface area contributed by atoms with Crippen molar-refractivity contribution in [2.75, 3.05) is 51.2 Å². The number of urea groups is 1. The van der Waals surface area contributed by atoms with Crippen LogP contribution in [0.1, 0.15) is 18.4 Å². The van der Waals surface area contributed by atoms with E-state index in [9.17, 15) is 4.79 Å². The summed E-state index contributed by atoms with van der Waals surface area (Å²) in [6, 6.07) is 11.5. The second-order valence-corrected chi connectivity index (χ2v) is 6.91. The Kier molecular flexibility index (Phi) is 7.05. The molecule has 0 aliphatic carbocycles. The number of carbonyl (C=O) groups excluding carboxylic acids is 1. The van der Waals surface area contributed by atoms with Crippen molar-refractivity contribution in [3.8, 4) is 17.2 Å². The van der Waals surface area contributed by atoms with Gasteiger partial charge in [0.15, 0.2) is 11.5 Å². The standard InChI is InChI=1S/C22H29N3O4/c1-27-19-14-16(15-20(28-2)21(19)29-3)10-11-23-22(26)24-17-6-8-18(9-7-17)25-12-4-5-13-25/h6-9,14-15H,4-5,10-13H2,1-3H3,(H2,23,24,26). The number of carbonyl (C=O) groups is 1. The zero-order chi connectivity index (χ0) is 20.6. The third kappa shape index (κ3) is 5.25. The van der Waals surface area contributed by atoms with Gasteiger partial charge in [-0.2, -0.15) is 0 Å². The van der Waals surface area contributed by atoms with Crippen LogP contribution in [0.4, 0.5) is 16.2 Å². The van der Waals surface area contributed by atoms with Gasteiger partial charge in [-0.15, -0.1) is 0 Å². The van der Waals surface area contributed by atoms with Crippen molar-refractivity contribution in [2.45, 2.75) is 19.3 Å². The molecule has 3 rings (SSSR count). The van der Waals surface area contributed by atoms with Crippen LogP contribution in [0.25, 0.3) is 0 Å². The lowest BCUT2D eigenvalue weighted by molar-refractivity contribution is 0.252. The first-order valence-electron chi connectivity index (χ1n) is 9.83. The van der Waals surface area contributed by atoms with Gasteiger partial charge in [0, 0.05) is 31.0 Å².